The summed E-state index contributed by atoms with van der Waals surface area (Å²) in [4.78, 5) is 28.1. The van der Waals surface area contributed by atoms with Crippen LogP contribution in [0, 0.1) is 29.9 Å². The molecule has 0 N–H and O–H groups in total. The van der Waals surface area contributed by atoms with Crippen LogP contribution in [0.1, 0.15) is 49.3 Å². The highest BCUT2D eigenvalue weighted by molar-refractivity contribution is 5.79. The number of nitro groups is 1. The van der Waals surface area contributed by atoms with Crippen molar-refractivity contribution in [1.29, 1.82) is 0 Å². The van der Waals surface area contributed by atoms with Crippen LogP contribution in [0.3, 0.4) is 0 Å². The van der Waals surface area contributed by atoms with Gasteiger partial charge in [-0.25, -0.2) is 0 Å². The predicted octanol–water partition coefficient (Wildman–Crippen LogP) is 3.43. The molecule has 142 valence electrons. The van der Waals surface area contributed by atoms with Crippen molar-refractivity contribution in [2.75, 3.05) is 19.6 Å². The van der Waals surface area contributed by atoms with Crippen LogP contribution < -0.4 is 0 Å². The Bertz CT molecular complexity index is 698. The molecular formula is C20H29N3O3. The van der Waals surface area contributed by atoms with Gasteiger partial charge in [-0.2, -0.15) is 0 Å². The van der Waals surface area contributed by atoms with Crippen molar-refractivity contribution >= 4 is 11.6 Å². The second kappa shape index (κ2) is 7.74. The minimum atomic E-state index is -0.299. The fourth-order valence-electron chi connectivity index (χ4n) is 4.42. The summed E-state index contributed by atoms with van der Waals surface area (Å²) in [7, 11) is 0. The number of rotatable bonds is 4. The number of benzene rings is 1. The zero-order chi connectivity index (χ0) is 18.8. The lowest BCUT2D eigenvalue weighted by Gasteiger charge is -2.41. The topological polar surface area (TPSA) is 66.7 Å². The minimum Gasteiger partial charge on any atom is -0.337 e. The molecule has 26 heavy (non-hydrogen) atoms. The highest BCUT2D eigenvalue weighted by atomic mass is 16.6. The molecule has 6 nitrogen and oxygen atoms in total. The van der Waals surface area contributed by atoms with E-state index in [-0.39, 0.29) is 22.6 Å². The van der Waals surface area contributed by atoms with Gasteiger partial charge in [0.05, 0.1) is 4.92 Å². The molecular weight excluding hydrogens is 330 g/mol. The average Bonchev–Trinajstić information content (AvgIpc) is 3.11. The number of hydrogen-bond donors (Lipinski definition) is 0. The number of amides is 1. The Balaban J connectivity index is 1.66. The minimum absolute atomic E-state index is 0.192. The van der Waals surface area contributed by atoms with E-state index in [1.54, 1.807) is 6.07 Å². The number of aryl methyl sites for hydroxylation is 1. The molecule has 6 heteroatoms. The zero-order valence-corrected chi connectivity index (χ0v) is 16.0. The normalized spacial score (nSPS) is 22.0. The van der Waals surface area contributed by atoms with Gasteiger partial charge in [-0.05, 0) is 44.7 Å². The second-order valence-corrected chi connectivity index (χ2v) is 7.92. The number of piperazine rings is 1. The summed E-state index contributed by atoms with van der Waals surface area (Å²) in [5, 5.41) is 11.3. The van der Waals surface area contributed by atoms with Crippen molar-refractivity contribution in [2.45, 2.75) is 59.0 Å². The van der Waals surface area contributed by atoms with Gasteiger partial charge in [-0.15, -0.1) is 0 Å². The first-order chi connectivity index (χ1) is 12.4. The fraction of sp³-hybridized carbons (Fsp3) is 0.650. The third kappa shape index (κ3) is 3.90. The van der Waals surface area contributed by atoms with Crippen LogP contribution in [0.4, 0.5) is 5.69 Å². The molecule has 1 atom stereocenters. The van der Waals surface area contributed by atoms with E-state index < -0.39 is 0 Å². The summed E-state index contributed by atoms with van der Waals surface area (Å²) in [5.41, 5.74) is 2.88. The summed E-state index contributed by atoms with van der Waals surface area (Å²) in [6.07, 6.45) is 4.43. The molecule has 1 saturated carbocycles. The van der Waals surface area contributed by atoms with Gasteiger partial charge in [-0.1, -0.05) is 18.9 Å². The SMILES string of the molecule is Cc1cc(CN2CCN(C(=O)C3CCCC3)[C@@H](C)C2)c(C)c([N+](=O)[O-])c1. The molecule has 0 radical (unpaired) electrons. The van der Waals surface area contributed by atoms with Gasteiger partial charge < -0.3 is 4.90 Å². The lowest BCUT2D eigenvalue weighted by molar-refractivity contribution is -0.385. The summed E-state index contributed by atoms with van der Waals surface area (Å²) in [6, 6.07) is 3.87. The Kier molecular flexibility index (Phi) is 5.61. The number of nitro benzene ring substituents is 1. The molecule has 1 heterocycles. The molecule has 1 aliphatic carbocycles. The average molecular weight is 359 g/mol. The van der Waals surface area contributed by atoms with Crippen molar-refractivity contribution in [2.24, 2.45) is 5.92 Å². The smallest absolute Gasteiger partial charge is 0.272 e. The molecule has 3 rings (SSSR count). The highest BCUT2D eigenvalue weighted by Crippen LogP contribution is 2.29. The van der Waals surface area contributed by atoms with E-state index in [1.165, 1.54) is 12.8 Å². The van der Waals surface area contributed by atoms with Crippen molar-refractivity contribution < 1.29 is 9.72 Å². The Morgan fingerprint density at radius 1 is 1.23 bits per heavy atom. The van der Waals surface area contributed by atoms with Crippen LogP contribution in [0.15, 0.2) is 12.1 Å². The van der Waals surface area contributed by atoms with E-state index in [1.807, 2.05) is 19.9 Å². The summed E-state index contributed by atoms with van der Waals surface area (Å²) in [6.45, 7) is 8.94. The van der Waals surface area contributed by atoms with Crippen LogP contribution in [0.5, 0.6) is 0 Å². The van der Waals surface area contributed by atoms with Crippen LogP contribution >= 0.6 is 0 Å². The van der Waals surface area contributed by atoms with Crippen molar-refractivity contribution in [3.05, 3.63) is 38.9 Å². The lowest BCUT2D eigenvalue weighted by atomic mass is 10.0. The maximum absolute atomic E-state index is 12.7. The first kappa shape index (κ1) is 18.8. The van der Waals surface area contributed by atoms with Gasteiger partial charge in [0.25, 0.3) is 5.69 Å². The third-order valence-electron chi connectivity index (χ3n) is 5.92. The molecule has 0 unspecified atom stereocenters. The molecule has 1 aromatic carbocycles. The molecule has 2 aliphatic rings. The summed E-state index contributed by atoms with van der Waals surface area (Å²) >= 11 is 0. The van der Waals surface area contributed by atoms with Gasteiger partial charge in [0, 0.05) is 49.8 Å². The highest BCUT2D eigenvalue weighted by Gasteiger charge is 2.33. The summed E-state index contributed by atoms with van der Waals surface area (Å²) in [5.74, 6) is 0.558. The first-order valence-electron chi connectivity index (χ1n) is 9.64. The Morgan fingerprint density at radius 3 is 2.54 bits per heavy atom. The fourth-order valence-corrected chi connectivity index (χ4v) is 4.42. The van der Waals surface area contributed by atoms with E-state index in [2.05, 4.69) is 16.7 Å². The monoisotopic (exact) mass is 359 g/mol. The van der Waals surface area contributed by atoms with E-state index in [0.717, 1.165) is 49.2 Å². The largest absolute Gasteiger partial charge is 0.337 e. The quantitative estimate of drug-likeness (QED) is 0.610. The number of carbonyl (C=O) groups excluding carboxylic acids is 1. The van der Waals surface area contributed by atoms with Gasteiger partial charge >= 0.3 is 0 Å². The van der Waals surface area contributed by atoms with Crippen LogP contribution in [0.25, 0.3) is 0 Å². The van der Waals surface area contributed by atoms with Gasteiger partial charge in [0.2, 0.25) is 5.91 Å². The predicted molar refractivity (Wildman–Crippen MR) is 101 cm³/mol. The Morgan fingerprint density at radius 2 is 1.92 bits per heavy atom. The molecule has 1 aromatic rings. The van der Waals surface area contributed by atoms with E-state index in [0.29, 0.717) is 12.5 Å². The van der Waals surface area contributed by atoms with Crippen molar-refractivity contribution in [3.63, 3.8) is 0 Å². The molecule has 1 saturated heterocycles. The van der Waals surface area contributed by atoms with E-state index >= 15 is 0 Å². The Hall–Kier alpha value is -1.95. The molecule has 2 fully saturated rings. The number of hydrogen-bond acceptors (Lipinski definition) is 4. The first-order valence-corrected chi connectivity index (χ1v) is 9.64. The number of nitrogens with zero attached hydrogens (tertiary/aromatic N) is 3. The van der Waals surface area contributed by atoms with Crippen LogP contribution in [-0.2, 0) is 11.3 Å². The standard InChI is InChI=1S/C20H29N3O3/c1-14-10-18(16(3)19(11-14)23(25)26)13-21-8-9-22(15(2)12-21)20(24)17-6-4-5-7-17/h10-11,15,17H,4-9,12-13H2,1-3H3/t15-/m0/s1. The van der Waals surface area contributed by atoms with Gasteiger partial charge in [-0.3, -0.25) is 19.8 Å². The van der Waals surface area contributed by atoms with E-state index in [9.17, 15) is 14.9 Å². The Labute approximate surface area is 155 Å². The molecule has 1 aliphatic heterocycles. The summed E-state index contributed by atoms with van der Waals surface area (Å²) < 4.78 is 0. The number of carbonyl (C=O) groups is 1. The van der Waals surface area contributed by atoms with E-state index in [4.69, 9.17) is 0 Å². The maximum Gasteiger partial charge on any atom is 0.272 e. The van der Waals surface area contributed by atoms with Gasteiger partial charge in [0.15, 0.2) is 0 Å². The molecule has 1 amide bonds. The second-order valence-electron chi connectivity index (χ2n) is 7.92. The molecule has 0 spiro atoms. The molecule has 0 bridgehead atoms. The molecule has 0 aromatic heterocycles. The third-order valence-corrected chi connectivity index (χ3v) is 5.92. The van der Waals surface area contributed by atoms with Crippen molar-refractivity contribution in [3.8, 4) is 0 Å². The van der Waals surface area contributed by atoms with Gasteiger partial charge in [0.1, 0.15) is 0 Å². The van der Waals surface area contributed by atoms with Crippen LogP contribution in [0.2, 0.25) is 0 Å². The van der Waals surface area contributed by atoms with Crippen LogP contribution in [-0.4, -0.2) is 46.3 Å². The lowest BCUT2D eigenvalue weighted by Crippen LogP contribution is -2.54. The maximum atomic E-state index is 12.7. The van der Waals surface area contributed by atoms with Crippen molar-refractivity contribution in [1.82, 2.24) is 9.80 Å². The zero-order valence-electron chi connectivity index (χ0n) is 16.0.